The molecule has 1 rings (SSSR count). The zero-order valence-corrected chi connectivity index (χ0v) is 5.88. The maximum Gasteiger partial charge on any atom is 0.373 e. The van der Waals surface area contributed by atoms with E-state index in [-0.39, 0.29) is 5.76 Å². The van der Waals surface area contributed by atoms with Gasteiger partial charge in [-0.05, 0) is 12.1 Å². The molecule has 1 aromatic rings. The van der Waals surface area contributed by atoms with Crippen molar-refractivity contribution in [3.63, 3.8) is 0 Å². The summed E-state index contributed by atoms with van der Waals surface area (Å²) in [5.74, 6) is -0.187. The quantitative estimate of drug-likeness (QED) is 0.381. The molecule has 0 aliphatic heterocycles. The maximum absolute atomic E-state index is 10.7. The number of ether oxygens (including phenoxy) is 1. The van der Waals surface area contributed by atoms with E-state index in [1.54, 1.807) is 20.0 Å². The summed E-state index contributed by atoms with van der Waals surface area (Å²) in [5.41, 5.74) is 0.709. The first-order valence-electron chi connectivity index (χ1n) is 2.89. The average molecular weight is 138 g/mol. The van der Waals surface area contributed by atoms with Crippen LogP contribution >= 0.6 is 0 Å². The summed E-state index contributed by atoms with van der Waals surface area (Å²) in [6, 6.07) is 3.30. The molecule has 0 N–H and O–H groups in total. The summed E-state index contributed by atoms with van der Waals surface area (Å²) in [5, 5.41) is 0. The van der Waals surface area contributed by atoms with Crippen molar-refractivity contribution in [3.05, 3.63) is 17.9 Å². The third-order valence-electron chi connectivity index (χ3n) is 1.13. The van der Waals surface area contributed by atoms with Gasteiger partial charge in [-0.1, -0.05) is 0 Å². The van der Waals surface area contributed by atoms with Crippen molar-refractivity contribution in [2.24, 2.45) is 0 Å². The van der Waals surface area contributed by atoms with Gasteiger partial charge in [-0.15, -0.1) is 0 Å². The molecule has 0 aliphatic rings. The van der Waals surface area contributed by atoms with Crippen molar-refractivity contribution in [3.8, 4) is 0 Å². The highest BCUT2D eigenvalue weighted by Crippen LogP contribution is 1.98. The monoisotopic (exact) mass is 138 g/mol. The Labute approximate surface area is 59.4 Å². The van der Waals surface area contributed by atoms with Gasteiger partial charge < -0.3 is 9.15 Å². The summed E-state index contributed by atoms with van der Waals surface area (Å²) in [7, 11) is 3.09. The molecule has 0 spiro atoms. The highest BCUT2D eigenvalue weighted by atomic mass is 16.5. The van der Waals surface area contributed by atoms with Gasteiger partial charge in [0.15, 0.2) is 7.85 Å². The topological polar surface area (TPSA) is 39.4 Å². The molecule has 4 heteroatoms. The van der Waals surface area contributed by atoms with Crippen molar-refractivity contribution in [1.82, 2.24) is 0 Å². The number of furan rings is 1. The summed E-state index contributed by atoms with van der Waals surface area (Å²) in [6.07, 6.45) is 0. The molecular formula is C6H7BO3. The van der Waals surface area contributed by atoms with E-state index >= 15 is 0 Å². The van der Waals surface area contributed by atoms with Crippen LogP contribution in [0.2, 0.25) is 0 Å². The van der Waals surface area contributed by atoms with Gasteiger partial charge in [0.05, 0.1) is 12.8 Å². The number of carbonyl (C=O) groups is 1. The predicted molar refractivity (Wildman–Crippen MR) is 38.2 cm³/mol. The van der Waals surface area contributed by atoms with Crippen LogP contribution < -0.4 is 5.66 Å². The van der Waals surface area contributed by atoms with E-state index in [4.69, 9.17) is 4.42 Å². The van der Waals surface area contributed by atoms with Gasteiger partial charge in [0, 0.05) is 0 Å². The van der Waals surface area contributed by atoms with Gasteiger partial charge in [0.25, 0.3) is 0 Å². The third kappa shape index (κ3) is 1.21. The Morgan fingerprint density at radius 2 is 2.40 bits per heavy atom. The minimum Gasteiger partial charge on any atom is -0.465 e. The lowest BCUT2D eigenvalue weighted by molar-refractivity contribution is 0.0567. The Bertz CT molecular complexity index is 241. The molecule has 10 heavy (non-hydrogen) atoms. The van der Waals surface area contributed by atoms with Crippen molar-refractivity contribution in [2.45, 2.75) is 0 Å². The number of methoxy groups -OCH3 is 1. The van der Waals surface area contributed by atoms with Crippen molar-refractivity contribution in [2.75, 3.05) is 7.11 Å². The van der Waals surface area contributed by atoms with Crippen LogP contribution in [0.5, 0.6) is 0 Å². The molecule has 0 fully saturated rings. The lowest BCUT2D eigenvalue weighted by Crippen LogP contribution is -2.00. The molecule has 0 amide bonds. The summed E-state index contributed by atoms with van der Waals surface area (Å²) in [6.45, 7) is 0. The summed E-state index contributed by atoms with van der Waals surface area (Å²) >= 11 is 0. The number of hydrogen-bond donors (Lipinski definition) is 0. The lowest BCUT2D eigenvalue weighted by atomic mass is 10.1. The average Bonchev–Trinajstić information content (AvgIpc) is 2.34. The molecule has 0 radical (unpaired) electrons. The second kappa shape index (κ2) is 2.60. The molecule has 0 bridgehead atoms. The highest BCUT2D eigenvalue weighted by molar-refractivity contribution is 6.29. The fourth-order valence-corrected chi connectivity index (χ4v) is 0.645. The Kier molecular flexibility index (Phi) is 1.80. The zero-order valence-electron chi connectivity index (χ0n) is 5.88. The van der Waals surface area contributed by atoms with E-state index in [0.717, 1.165) is 0 Å². The van der Waals surface area contributed by atoms with Crippen LogP contribution in [0.15, 0.2) is 16.5 Å². The first kappa shape index (κ1) is 6.93. The molecule has 0 aromatic carbocycles. The fraction of sp³-hybridized carbons (Fsp3) is 0.167. The second-order valence-corrected chi connectivity index (χ2v) is 1.90. The number of carbonyl (C=O) groups excluding carboxylic acids is 1. The van der Waals surface area contributed by atoms with E-state index in [1.165, 1.54) is 7.11 Å². The smallest absolute Gasteiger partial charge is 0.373 e. The Hall–Kier alpha value is -1.19. The van der Waals surface area contributed by atoms with Crippen LogP contribution in [0.4, 0.5) is 0 Å². The molecule has 0 aliphatic carbocycles. The first-order valence-corrected chi connectivity index (χ1v) is 2.89. The molecule has 0 saturated carbocycles. The molecule has 0 saturated heterocycles. The Morgan fingerprint density at radius 3 is 2.80 bits per heavy atom. The highest BCUT2D eigenvalue weighted by Gasteiger charge is 2.07. The van der Waals surface area contributed by atoms with E-state index in [2.05, 4.69) is 4.74 Å². The first-order chi connectivity index (χ1) is 4.74. The van der Waals surface area contributed by atoms with E-state index in [0.29, 0.717) is 5.66 Å². The van der Waals surface area contributed by atoms with Crippen LogP contribution in [0.1, 0.15) is 10.6 Å². The summed E-state index contributed by atoms with van der Waals surface area (Å²) < 4.78 is 9.38. The van der Waals surface area contributed by atoms with Gasteiger partial charge in [-0.3, -0.25) is 0 Å². The van der Waals surface area contributed by atoms with Crippen molar-refractivity contribution >= 4 is 19.5 Å². The number of esters is 1. The SMILES string of the molecule is Bc1ccc(C(=O)OC)o1. The summed E-state index contributed by atoms with van der Waals surface area (Å²) in [4.78, 5) is 10.7. The zero-order chi connectivity index (χ0) is 7.56. The van der Waals surface area contributed by atoms with E-state index < -0.39 is 5.97 Å². The number of hydrogen-bond acceptors (Lipinski definition) is 3. The molecular weight excluding hydrogens is 131 g/mol. The van der Waals surface area contributed by atoms with Crippen LogP contribution in [-0.4, -0.2) is 20.9 Å². The van der Waals surface area contributed by atoms with Crippen LogP contribution in [0, 0.1) is 0 Å². The van der Waals surface area contributed by atoms with Crippen LogP contribution in [0.3, 0.4) is 0 Å². The lowest BCUT2D eigenvalue weighted by Gasteiger charge is -1.91. The third-order valence-corrected chi connectivity index (χ3v) is 1.13. The Morgan fingerprint density at radius 1 is 1.70 bits per heavy atom. The molecule has 1 heterocycles. The van der Waals surface area contributed by atoms with Crippen LogP contribution in [0.25, 0.3) is 0 Å². The predicted octanol–water partition coefficient (Wildman–Crippen LogP) is -0.675. The van der Waals surface area contributed by atoms with Crippen molar-refractivity contribution in [1.29, 1.82) is 0 Å². The molecule has 52 valence electrons. The minimum absolute atomic E-state index is 0.250. The van der Waals surface area contributed by atoms with E-state index in [9.17, 15) is 4.79 Å². The molecule has 3 nitrogen and oxygen atoms in total. The second-order valence-electron chi connectivity index (χ2n) is 1.90. The fourth-order valence-electron chi connectivity index (χ4n) is 0.645. The molecule has 1 aromatic heterocycles. The van der Waals surface area contributed by atoms with Gasteiger partial charge in [-0.25, -0.2) is 4.79 Å². The van der Waals surface area contributed by atoms with Gasteiger partial charge in [-0.2, -0.15) is 0 Å². The standard InChI is InChI=1S/C6H7BO3/c1-9-6(8)4-2-3-5(7)10-4/h2-3H,7H2,1H3. The van der Waals surface area contributed by atoms with Gasteiger partial charge in [0.2, 0.25) is 5.76 Å². The molecule has 0 unspecified atom stereocenters. The van der Waals surface area contributed by atoms with Crippen molar-refractivity contribution < 1.29 is 13.9 Å². The van der Waals surface area contributed by atoms with Gasteiger partial charge in [0.1, 0.15) is 0 Å². The minimum atomic E-state index is -0.437. The largest absolute Gasteiger partial charge is 0.465 e. The number of rotatable bonds is 1. The normalized spacial score (nSPS) is 9.30. The van der Waals surface area contributed by atoms with Gasteiger partial charge >= 0.3 is 5.97 Å². The Balaban J connectivity index is 2.85. The maximum atomic E-state index is 10.7. The molecule has 0 atom stereocenters. The van der Waals surface area contributed by atoms with E-state index in [1.807, 2.05) is 0 Å². The van der Waals surface area contributed by atoms with Crippen LogP contribution in [-0.2, 0) is 4.74 Å².